The Morgan fingerprint density at radius 1 is 1.20 bits per heavy atom. The van der Waals surface area contributed by atoms with Crippen LogP contribution < -0.4 is 4.74 Å². The van der Waals surface area contributed by atoms with Gasteiger partial charge in [0.05, 0.1) is 11.6 Å². The lowest BCUT2D eigenvalue weighted by Crippen LogP contribution is -2.06. The first-order valence-electron chi connectivity index (χ1n) is 5.20. The average molecular weight is 201 g/mol. The second-order valence-corrected chi connectivity index (χ2v) is 3.95. The monoisotopic (exact) mass is 201 g/mol. The molecule has 0 aliphatic rings. The number of pyridine rings is 1. The quantitative estimate of drug-likeness (QED) is 0.743. The van der Waals surface area contributed by atoms with Gasteiger partial charge in [-0.15, -0.1) is 0 Å². The molecule has 2 rings (SSSR count). The summed E-state index contributed by atoms with van der Waals surface area (Å²) in [7, 11) is 0. The Bertz CT molecular complexity index is 477. The van der Waals surface area contributed by atoms with Gasteiger partial charge < -0.3 is 4.74 Å². The maximum Gasteiger partial charge on any atom is 0.130 e. The lowest BCUT2D eigenvalue weighted by atomic mass is 10.2. The first-order chi connectivity index (χ1) is 7.16. The summed E-state index contributed by atoms with van der Waals surface area (Å²) < 4.78 is 5.77. The zero-order valence-corrected chi connectivity index (χ0v) is 9.32. The number of fused-ring (bicyclic) bond motifs is 1. The van der Waals surface area contributed by atoms with Crippen molar-refractivity contribution < 1.29 is 4.74 Å². The average Bonchev–Trinajstić information content (AvgIpc) is 2.16. The SMILES string of the molecule is Cc1cc(OC(C)C)c2ccccc2n1. The van der Waals surface area contributed by atoms with Crippen molar-refractivity contribution in [2.24, 2.45) is 0 Å². The summed E-state index contributed by atoms with van der Waals surface area (Å²) in [6.07, 6.45) is 0.190. The van der Waals surface area contributed by atoms with E-state index in [2.05, 4.69) is 4.98 Å². The van der Waals surface area contributed by atoms with Crippen LogP contribution in [0.4, 0.5) is 0 Å². The molecule has 0 bridgehead atoms. The molecule has 0 aliphatic carbocycles. The van der Waals surface area contributed by atoms with Gasteiger partial charge >= 0.3 is 0 Å². The van der Waals surface area contributed by atoms with Crippen LogP contribution in [0.5, 0.6) is 5.75 Å². The van der Waals surface area contributed by atoms with Gasteiger partial charge in [0.2, 0.25) is 0 Å². The lowest BCUT2D eigenvalue weighted by molar-refractivity contribution is 0.245. The molecule has 0 N–H and O–H groups in total. The zero-order chi connectivity index (χ0) is 10.8. The highest BCUT2D eigenvalue weighted by Gasteiger charge is 2.05. The van der Waals surface area contributed by atoms with Crippen LogP contribution in [0, 0.1) is 6.92 Å². The van der Waals surface area contributed by atoms with Crippen LogP contribution in [-0.4, -0.2) is 11.1 Å². The molecule has 0 radical (unpaired) electrons. The van der Waals surface area contributed by atoms with Gasteiger partial charge in [-0.05, 0) is 32.9 Å². The highest BCUT2D eigenvalue weighted by atomic mass is 16.5. The Kier molecular flexibility index (Phi) is 2.58. The molecule has 0 saturated carbocycles. The maximum atomic E-state index is 5.77. The van der Waals surface area contributed by atoms with Crippen LogP contribution in [0.1, 0.15) is 19.5 Å². The van der Waals surface area contributed by atoms with Crippen molar-refractivity contribution in [1.82, 2.24) is 4.98 Å². The largest absolute Gasteiger partial charge is 0.490 e. The molecule has 2 nitrogen and oxygen atoms in total. The summed E-state index contributed by atoms with van der Waals surface area (Å²) in [5.41, 5.74) is 1.98. The molecule has 1 aromatic carbocycles. The molecule has 1 heterocycles. The van der Waals surface area contributed by atoms with Gasteiger partial charge in [0.25, 0.3) is 0 Å². The third kappa shape index (κ3) is 2.09. The molecule has 78 valence electrons. The summed E-state index contributed by atoms with van der Waals surface area (Å²) in [6.45, 7) is 6.05. The first kappa shape index (κ1) is 9.97. The number of aryl methyl sites for hydroxylation is 1. The van der Waals surface area contributed by atoms with E-state index >= 15 is 0 Å². The van der Waals surface area contributed by atoms with Gasteiger partial charge in [-0.25, -0.2) is 0 Å². The molecule has 0 saturated heterocycles. The molecule has 0 aliphatic heterocycles. The Morgan fingerprint density at radius 2 is 1.93 bits per heavy atom. The summed E-state index contributed by atoms with van der Waals surface area (Å²) in [5.74, 6) is 0.924. The van der Waals surface area contributed by atoms with Gasteiger partial charge in [-0.2, -0.15) is 0 Å². The summed E-state index contributed by atoms with van der Waals surface area (Å²) in [6, 6.07) is 10.0. The van der Waals surface area contributed by atoms with Crippen molar-refractivity contribution in [2.75, 3.05) is 0 Å². The van der Waals surface area contributed by atoms with Crippen molar-refractivity contribution in [2.45, 2.75) is 26.9 Å². The number of rotatable bonds is 2. The van der Waals surface area contributed by atoms with Gasteiger partial charge in [0.15, 0.2) is 0 Å². The van der Waals surface area contributed by atoms with E-state index in [-0.39, 0.29) is 6.10 Å². The summed E-state index contributed by atoms with van der Waals surface area (Å²) in [4.78, 5) is 4.46. The fourth-order valence-corrected chi connectivity index (χ4v) is 1.62. The normalized spacial score (nSPS) is 10.9. The van der Waals surface area contributed by atoms with E-state index in [0.717, 1.165) is 22.3 Å². The lowest BCUT2D eigenvalue weighted by Gasteiger charge is -2.12. The van der Waals surface area contributed by atoms with Crippen molar-refractivity contribution in [3.05, 3.63) is 36.0 Å². The first-order valence-corrected chi connectivity index (χ1v) is 5.20. The highest BCUT2D eigenvalue weighted by Crippen LogP contribution is 2.25. The Labute approximate surface area is 89.9 Å². The van der Waals surface area contributed by atoms with E-state index in [9.17, 15) is 0 Å². The molecule has 0 fully saturated rings. The van der Waals surface area contributed by atoms with E-state index in [4.69, 9.17) is 4.74 Å². The Hall–Kier alpha value is -1.57. The number of para-hydroxylation sites is 1. The summed E-state index contributed by atoms with van der Waals surface area (Å²) >= 11 is 0. The van der Waals surface area contributed by atoms with E-state index in [1.165, 1.54) is 0 Å². The summed E-state index contributed by atoms with van der Waals surface area (Å²) in [5, 5.41) is 1.08. The van der Waals surface area contributed by atoms with Gasteiger partial charge in [-0.1, -0.05) is 12.1 Å². The second-order valence-electron chi connectivity index (χ2n) is 3.95. The number of benzene rings is 1. The zero-order valence-electron chi connectivity index (χ0n) is 9.32. The Balaban J connectivity index is 2.60. The molecular weight excluding hydrogens is 186 g/mol. The van der Waals surface area contributed by atoms with Crippen LogP contribution in [0.3, 0.4) is 0 Å². The van der Waals surface area contributed by atoms with E-state index in [1.54, 1.807) is 0 Å². The second kappa shape index (κ2) is 3.89. The third-order valence-corrected chi connectivity index (χ3v) is 2.17. The van der Waals surface area contributed by atoms with Gasteiger partial charge in [-0.3, -0.25) is 4.98 Å². The number of ether oxygens (including phenoxy) is 1. The van der Waals surface area contributed by atoms with E-state index in [0.29, 0.717) is 0 Å². The molecule has 2 heteroatoms. The number of hydrogen-bond acceptors (Lipinski definition) is 2. The molecule has 0 atom stereocenters. The molecule has 0 unspecified atom stereocenters. The fourth-order valence-electron chi connectivity index (χ4n) is 1.62. The highest BCUT2D eigenvalue weighted by molar-refractivity contribution is 5.85. The third-order valence-electron chi connectivity index (χ3n) is 2.17. The fraction of sp³-hybridized carbons (Fsp3) is 0.308. The molecule has 15 heavy (non-hydrogen) atoms. The molecule has 1 aromatic heterocycles. The topological polar surface area (TPSA) is 22.1 Å². The smallest absolute Gasteiger partial charge is 0.130 e. The van der Waals surface area contributed by atoms with E-state index in [1.807, 2.05) is 51.1 Å². The van der Waals surface area contributed by atoms with Crippen molar-refractivity contribution in [1.29, 1.82) is 0 Å². The van der Waals surface area contributed by atoms with Crippen molar-refractivity contribution in [3.8, 4) is 5.75 Å². The number of nitrogens with zero attached hydrogens (tertiary/aromatic N) is 1. The predicted octanol–water partition coefficient (Wildman–Crippen LogP) is 3.33. The minimum atomic E-state index is 0.190. The maximum absolute atomic E-state index is 5.77. The van der Waals surface area contributed by atoms with Gasteiger partial charge in [0.1, 0.15) is 5.75 Å². The van der Waals surface area contributed by atoms with E-state index < -0.39 is 0 Å². The van der Waals surface area contributed by atoms with Crippen LogP contribution in [0.15, 0.2) is 30.3 Å². The molecule has 2 aromatic rings. The van der Waals surface area contributed by atoms with Crippen molar-refractivity contribution >= 4 is 10.9 Å². The van der Waals surface area contributed by atoms with Crippen LogP contribution in [0.2, 0.25) is 0 Å². The van der Waals surface area contributed by atoms with Crippen molar-refractivity contribution in [3.63, 3.8) is 0 Å². The van der Waals surface area contributed by atoms with Crippen LogP contribution in [0.25, 0.3) is 10.9 Å². The van der Waals surface area contributed by atoms with Crippen LogP contribution in [-0.2, 0) is 0 Å². The predicted molar refractivity (Wildman–Crippen MR) is 62.2 cm³/mol. The number of hydrogen-bond donors (Lipinski definition) is 0. The Morgan fingerprint density at radius 3 is 2.67 bits per heavy atom. The molecular formula is C13H15NO. The number of aromatic nitrogens is 1. The molecule has 0 spiro atoms. The minimum Gasteiger partial charge on any atom is -0.490 e. The molecule has 0 amide bonds. The standard InChI is InChI=1S/C13H15NO/c1-9(2)15-13-8-10(3)14-12-7-5-4-6-11(12)13/h4-9H,1-3H3. The minimum absolute atomic E-state index is 0.190. The van der Waals surface area contributed by atoms with Crippen LogP contribution >= 0.6 is 0 Å². The van der Waals surface area contributed by atoms with Gasteiger partial charge in [0, 0.05) is 17.1 Å².